The number of aromatic nitrogens is 1. The zero-order valence-electron chi connectivity index (χ0n) is 9.84. The Bertz CT molecular complexity index is 423. The third-order valence-electron chi connectivity index (χ3n) is 2.43. The Morgan fingerprint density at radius 2 is 2.35 bits per heavy atom. The molecule has 0 saturated heterocycles. The average Bonchev–Trinajstić information content (AvgIpc) is 2.29. The van der Waals surface area contributed by atoms with Gasteiger partial charge in [0.05, 0.1) is 0 Å². The highest BCUT2D eigenvalue weighted by Gasteiger charge is 2.07. The van der Waals surface area contributed by atoms with Gasteiger partial charge in [0.15, 0.2) is 0 Å². The molecule has 94 valence electrons. The summed E-state index contributed by atoms with van der Waals surface area (Å²) < 4.78 is 11.1. The van der Waals surface area contributed by atoms with E-state index in [1.54, 1.807) is 12.3 Å². The topological polar surface area (TPSA) is 79.3 Å². The lowest BCUT2D eigenvalue weighted by atomic mass is 10.3. The van der Waals surface area contributed by atoms with Gasteiger partial charge in [0.2, 0.25) is 0 Å². The van der Waals surface area contributed by atoms with Gasteiger partial charge in [-0.15, -0.1) is 0 Å². The van der Waals surface area contributed by atoms with Gasteiger partial charge in [-0.3, -0.25) is 4.21 Å². The maximum absolute atomic E-state index is 11.1. The van der Waals surface area contributed by atoms with Gasteiger partial charge < -0.3 is 10.4 Å². The number of hydrogen-bond donors (Lipinski definition) is 2. The Labute approximate surface area is 103 Å². The average molecular weight is 256 g/mol. The molecular formula is C11H16N2O3S. The number of aromatic carboxylic acids is 1. The van der Waals surface area contributed by atoms with Crippen LogP contribution in [0.15, 0.2) is 18.3 Å². The Balaban J connectivity index is 2.49. The first-order chi connectivity index (χ1) is 8.00. The molecule has 0 radical (unpaired) electrons. The lowest BCUT2D eigenvalue weighted by Gasteiger charge is -2.10. The largest absolute Gasteiger partial charge is 0.477 e. The fraction of sp³-hybridized carbons (Fsp3) is 0.455. The van der Waals surface area contributed by atoms with E-state index in [2.05, 4.69) is 10.3 Å². The van der Waals surface area contributed by atoms with Gasteiger partial charge in [-0.1, -0.05) is 6.92 Å². The van der Waals surface area contributed by atoms with Crippen LogP contribution in [0.1, 0.15) is 23.8 Å². The summed E-state index contributed by atoms with van der Waals surface area (Å²) in [6.45, 7) is 2.58. The van der Waals surface area contributed by atoms with E-state index in [1.807, 2.05) is 6.92 Å². The molecule has 1 aromatic rings. The van der Waals surface area contributed by atoms with E-state index < -0.39 is 16.8 Å². The highest BCUT2D eigenvalue weighted by Crippen LogP contribution is 2.09. The van der Waals surface area contributed by atoms with E-state index in [-0.39, 0.29) is 10.9 Å². The number of nitrogens with one attached hydrogen (secondary N) is 1. The van der Waals surface area contributed by atoms with Gasteiger partial charge in [-0.05, 0) is 18.6 Å². The third kappa shape index (κ3) is 4.52. The molecule has 0 aliphatic heterocycles. The van der Waals surface area contributed by atoms with Crippen LogP contribution in [0.2, 0.25) is 0 Å². The minimum Gasteiger partial charge on any atom is -0.477 e. The molecule has 6 heteroatoms. The maximum Gasteiger partial charge on any atom is 0.354 e. The minimum absolute atomic E-state index is 0.0158. The van der Waals surface area contributed by atoms with E-state index in [0.29, 0.717) is 12.2 Å². The number of hydrogen-bond acceptors (Lipinski definition) is 4. The Kier molecular flexibility index (Phi) is 5.09. The molecular weight excluding hydrogens is 240 g/mol. The number of rotatable bonds is 6. The van der Waals surface area contributed by atoms with Crippen LogP contribution in [0.4, 0.5) is 5.69 Å². The molecule has 0 fully saturated rings. The number of carboxylic acid groups (broad SMARTS) is 1. The Morgan fingerprint density at radius 1 is 1.65 bits per heavy atom. The maximum atomic E-state index is 11.1. The normalized spacial score (nSPS) is 14.0. The zero-order chi connectivity index (χ0) is 12.8. The number of carbonyl (C=O) groups is 1. The molecule has 0 spiro atoms. The van der Waals surface area contributed by atoms with Gasteiger partial charge in [0.25, 0.3) is 0 Å². The fourth-order valence-corrected chi connectivity index (χ4v) is 1.69. The predicted octanol–water partition coefficient (Wildman–Crippen LogP) is 1.35. The zero-order valence-corrected chi connectivity index (χ0v) is 10.7. The van der Waals surface area contributed by atoms with Gasteiger partial charge in [-0.2, -0.15) is 0 Å². The molecule has 2 atom stereocenters. The van der Waals surface area contributed by atoms with Crippen molar-refractivity contribution >= 4 is 22.5 Å². The second-order valence-corrected chi connectivity index (χ2v) is 5.56. The quantitative estimate of drug-likeness (QED) is 0.803. The lowest BCUT2D eigenvalue weighted by Crippen LogP contribution is -2.15. The number of anilines is 1. The molecule has 2 N–H and O–H groups in total. The summed E-state index contributed by atoms with van der Waals surface area (Å²) >= 11 is 0. The molecule has 1 aromatic heterocycles. The smallest absolute Gasteiger partial charge is 0.354 e. The predicted molar refractivity (Wildman–Crippen MR) is 67.8 cm³/mol. The molecule has 5 nitrogen and oxygen atoms in total. The van der Waals surface area contributed by atoms with Gasteiger partial charge in [-0.25, -0.2) is 9.78 Å². The monoisotopic (exact) mass is 256 g/mol. The van der Waals surface area contributed by atoms with Crippen molar-refractivity contribution in [3.8, 4) is 0 Å². The van der Waals surface area contributed by atoms with Crippen molar-refractivity contribution in [2.75, 3.05) is 18.1 Å². The SMILES string of the molecule is CC(CCNc1ccnc(C(=O)O)c1)S(C)=O. The van der Waals surface area contributed by atoms with E-state index in [4.69, 9.17) is 5.11 Å². The van der Waals surface area contributed by atoms with Crippen LogP contribution in [-0.2, 0) is 10.8 Å². The number of carboxylic acids is 1. The molecule has 0 aromatic carbocycles. The first-order valence-corrected chi connectivity index (χ1v) is 6.88. The van der Waals surface area contributed by atoms with Gasteiger partial charge in [0, 0.05) is 40.7 Å². The standard InChI is InChI=1S/C11H16N2O3S/c1-8(17(2)16)3-5-12-9-4-6-13-10(7-9)11(14)15/h4,6-8H,3,5H2,1-2H3,(H,12,13)(H,14,15). The van der Waals surface area contributed by atoms with Crippen LogP contribution >= 0.6 is 0 Å². The van der Waals surface area contributed by atoms with E-state index >= 15 is 0 Å². The second-order valence-electron chi connectivity index (χ2n) is 3.76. The summed E-state index contributed by atoms with van der Waals surface area (Å²) in [5.74, 6) is -1.04. The molecule has 0 bridgehead atoms. The van der Waals surface area contributed by atoms with Crippen molar-refractivity contribution in [2.45, 2.75) is 18.6 Å². The summed E-state index contributed by atoms with van der Waals surface area (Å²) in [7, 11) is -0.826. The molecule has 0 aliphatic carbocycles. The van der Waals surface area contributed by atoms with Crippen molar-refractivity contribution in [2.24, 2.45) is 0 Å². The third-order valence-corrected chi connectivity index (χ3v) is 3.79. The first-order valence-electron chi connectivity index (χ1n) is 5.26. The van der Waals surface area contributed by atoms with Crippen molar-refractivity contribution in [1.29, 1.82) is 0 Å². The highest BCUT2D eigenvalue weighted by molar-refractivity contribution is 7.84. The number of pyridine rings is 1. The van der Waals surface area contributed by atoms with E-state index in [0.717, 1.165) is 6.42 Å². The molecule has 2 unspecified atom stereocenters. The lowest BCUT2D eigenvalue weighted by molar-refractivity contribution is 0.0690. The first kappa shape index (κ1) is 13.6. The fourth-order valence-electron chi connectivity index (χ4n) is 1.24. The van der Waals surface area contributed by atoms with Crippen molar-refractivity contribution < 1.29 is 14.1 Å². The van der Waals surface area contributed by atoms with Gasteiger partial charge >= 0.3 is 5.97 Å². The van der Waals surface area contributed by atoms with Crippen LogP contribution in [0, 0.1) is 0 Å². The molecule has 1 heterocycles. The summed E-state index contributed by atoms with van der Waals surface area (Å²) in [6.07, 6.45) is 3.90. The summed E-state index contributed by atoms with van der Waals surface area (Å²) in [4.78, 5) is 14.4. The molecule has 17 heavy (non-hydrogen) atoms. The Hall–Kier alpha value is -1.43. The van der Waals surface area contributed by atoms with Crippen molar-refractivity contribution in [3.05, 3.63) is 24.0 Å². The molecule has 0 saturated carbocycles. The van der Waals surface area contributed by atoms with Crippen molar-refractivity contribution in [3.63, 3.8) is 0 Å². The Morgan fingerprint density at radius 3 is 2.94 bits per heavy atom. The summed E-state index contributed by atoms with van der Waals surface area (Å²) in [5.41, 5.74) is 0.730. The van der Waals surface area contributed by atoms with Crippen LogP contribution in [-0.4, -0.2) is 38.3 Å². The van der Waals surface area contributed by atoms with Crippen LogP contribution < -0.4 is 5.32 Å². The molecule has 0 amide bonds. The van der Waals surface area contributed by atoms with Crippen molar-refractivity contribution in [1.82, 2.24) is 4.98 Å². The van der Waals surface area contributed by atoms with E-state index in [1.165, 1.54) is 12.3 Å². The van der Waals surface area contributed by atoms with Crippen LogP contribution in [0.25, 0.3) is 0 Å². The van der Waals surface area contributed by atoms with Gasteiger partial charge in [0.1, 0.15) is 5.69 Å². The van der Waals surface area contributed by atoms with Crippen LogP contribution in [0.5, 0.6) is 0 Å². The minimum atomic E-state index is -1.04. The molecule has 0 aliphatic rings. The van der Waals surface area contributed by atoms with E-state index in [9.17, 15) is 9.00 Å². The van der Waals surface area contributed by atoms with Crippen LogP contribution in [0.3, 0.4) is 0 Å². The summed E-state index contributed by atoms with van der Waals surface area (Å²) in [6, 6.07) is 3.19. The second kappa shape index (κ2) is 6.34. The highest BCUT2D eigenvalue weighted by atomic mass is 32.2. The summed E-state index contributed by atoms with van der Waals surface area (Å²) in [5, 5.41) is 12.0. The number of nitrogens with zero attached hydrogens (tertiary/aromatic N) is 1. The molecule has 1 rings (SSSR count).